The maximum Gasteiger partial charge on any atom is 0.241 e. The second kappa shape index (κ2) is 13.0. The first-order valence-corrected chi connectivity index (χ1v) is 13.5. The van der Waals surface area contributed by atoms with Crippen LogP contribution in [0.3, 0.4) is 0 Å². The van der Waals surface area contributed by atoms with Gasteiger partial charge < -0.3 is 20.1 Å². The molecule has 2 fully saturated rings. The number of amides is 1. The molecule has 10 heteroatoms. The van der Waals surface area contributed by atoms with Gasteiger partial charge in [0.1, 0.15) is 5.69 Å². The zero-order chi connectivity index (χ0) is 26.1. The topological polar surface area (TPSA) is 84.6 Å². The highest BCUT2D eigenvalue weighted by molar-refractivity contribution is 6.10. The number of likely N-dealkylation sites (tertiary alicyclic amines) is 1. The molecule has 0 radical (unpaired) electrons. The van der Waals surface area contributed by atoms with Crippen molar-refractivity contribution < 1.29 is 9.59 Å². The van der Waals surface area contributed by atoms with E-state index in [1.807, 2.05) is 59.6 Å². The SMILES string of the molecule is CN1CCC(N2CCN(C(=O)CNc3cccc4ccc(C(=O)c5ccc6cc[nH]c6c5)nc34)CC2)CC1.Cl.Cl. The van der Waals surface area contributed by atoms with E-state index in [2.05, 4.69) is 27.1 Å². The fourth-order valence-corrected chi connectivity index (χ4v) is 5.73. The number of piperazine rings is 1. The normalized spacial score (nSPS) is 16.9. The van der Waals surface area contributed by atoms with Crippen molar-refractivity contribution in [3.05, 3.63) is 72.1 Å². The number of aromatic amines is 1. The Morgan fingerprint density at radius 2 is 1.68 bits per heavy atom. The Morgan fingerprint density at radius 3 is 2.45 bits per heavy atom. The number of piperidine rings is 1. The second-order valence-corrected chi connectivity index (χ2v) is 10.5. The Kier molecular flexibility index (Phi) is 9.68. The number of pyridine rings is 1. The zero-order valence-corrected chi connectivity index (χ0v) is 24.3. The van der Waals surface area contributed by atoms with Gasteiger partial charge in [0, 0.05) is 54.9 Å². The molecule has 40 heavy (non-hydrogen) atoms. The minimum absolute atomic E-state index is 0. The van der Waals surface area contributed by atoms with Crippen LogP contribution in [0.4, 0.5) is 5.69 Å². The number of nitrogens with zero attached hydrogens (tertiary/aromatic N) is 4. The van der Waals surface area contributed by atoms with Crippen LogP contribution in [0.15, 0.2) is 60.8 Å². The van der Waals surface area contributed by atoms with Crippen LogP contribution in [-0.4, -0.2) is 95.3 Å². The summed E-state index contributed by atoms with van der Waals surface area (Å²) >= 11 is 0. The molecular formula is C30H36Cl2N6O2. The Hall–Kier alpha value is -3.17. The molecule has 8 nitrogen and oxygen atoms in total. The molecule has 212 valence electrons. The van der Waals surface area contributed by atoms with E-state index >= 15 is 0 Å². The van der Waals surface area contributed by atoms with Gasteiger partial charge in [0.15, 0.2) is 0 Å². The van der Waals surface area contributed by atoms with Gasteiger partial charge in [-0.1, -0.05) is 30.3 Å². The molecule has 2 saturated heterocycles. The van der Waals surface area contributed by atoms with Crippen LogP contribution in [0.2, 0.25) is 0 Å². The molecule has 0 bridgehead atoms. The van der Waals surface area contributed by atoms with E-state index in [-0.39, 0.29) is 43.0 Å². The quantitative estimate of drug-likeness (QED) is 0.327. The van der Waals surface area contributed by atoms with Crippen molar-refractivity contribution in [1.29, 1.82) is 0 Å². The van der Waals surface area contributed by atoms with E-state index in [1.165, 1.54) is 12.8 Å². The summed E-state index contributed by atoms with van der Waals surface area (Å²) in [6.07, 6.45) is 4.29. The number of aromatic nitrogens is 2. The van der Waals surface area contributed by atoms with Gasteiger partial charge >= 0.3 is 0 Å². The number of hydrogen-bond acceptors (Lipinski definition) is 6. The Balaban J connectivity index is 0.00000185. The zero-order valence-electron chi connectivity index (χ0n) is 22.6. The van der Waals surface area contributed by atoms with Crippen molar-refractivity contribution in [3.8, 4) is 0 Å². The van der Waals surface area contributed by atoms with E-state index in [4.69, 9.17) is 4.98 Å². The van der Waals surface area contributed by atoms with E-state index in [0.29, 0.717) is 22.8 Å². The number of para-hydroxylation sites is 1. The third-order valence-electron chi connectivity index (χ3n) is 8.07. The molecule has 2 N–H and O–H groups in total. The summed E-state index contributed by atoms with van der Waals surface area (Å²) in [7, 11) is 2.19. The van der Waals surface area contributed by atoms with Gasteiger partial charge in [0.05, 0.1) is 17.7 Å². The van der Waals surface area contributed by atoms with Gasteiger partial charge in [0.25, 0.3) is 0 Å². The number of ketones is 1. The smallest absolute Gasteiger partial charge is 0.241 e. The van der Waals surface area contributed by atoms with Crippen LogP contribution >= 0.6 is 24.8 Å². The molecule has 4 aromatic rings. The number of carbonyl (C=O) groups is 2. The third kappa shape index (κ3) is 6.25. The summed E-state index contributed by atoms with van der Waals surface area (Å²) in [4.78, 5) is 41.1. The first kappa shape index (κ1) is 29.8. The molecule has 0 spiro atoms. The lowest BCUT2D eigenvalue weighted by Gasteiger charge is -2.42. The summed E-state index contributed by atoms with van der Waals surface area (Å²) < 4.78 is 0. The summed E-state index contributed by atoms with van der Waals surface area (Å²) in [5.74, 6) is -0.0340. The summed E-state index contributed by atoms with van der Waals surface area (Å²) in [5.41, 5.74) is 3.35. The van der Waals surface area contributed by atoms with Gasteiger partial charge in [-0.25, -0.2) is 4.98 Å². The highest BCUT2D eigenvalue weighted by Gasteiger charge is 2.28. The van der Waals surface area contributed by atoms with Gasteiger partial charge in [-0.3, -0.25) is 14.5 Å². The van der Waals surface area contributed by atoms with Crippen LogP contribution in [0.5, 0.6) is 0 Å². The van der Waals surface area contributed by atoms with Crippen molar-refractivity contribution >= 4 is 64.0 Å². The molecule has 4 heterocycles. The molecule has 0 saturated carbocycles. The van der Waals surface area contributed by atoms with E-state index in [9.17, 15) is 9.59 Å². The predicted octanol–water partition coefficient (Wildman–Crippen LogP) is 4.44. The maximum absolute atomic E-state index is 13.2. The predicted molar refractivity (Wildman–Crippen MR) is 165 cm³/mol. The third-order valence-corrected chi connectivity index (χ3v) is 8.07. The molecule has 2 aromatic heterocycles. The molecule has 6 rings (SSSR count). The van der Waals surface area contributed by atoms with Crippen molar-refractivity contribution in [1.82, 2.24) is 24.7 Å². The van der Waals surface area contributed by atoms with Gasteiger partial charge in [0.2, 0.25) is 11.7 Å². The standard InChI is InChI=1S/C30H34N6O2.2ClH/c1-34-13-10-24(11-14-34)35-15-17-36(18-16-35)28(37)20-32-25-4-2-3-22-7-8-26(33-29(22)25)30(38)23-6-5-21-9-12-31-27(21)19-23;;/h2-9,12,19,24,31-32H,10-11,13-18,20H2,1H3;2*1H. The second-order valence-electron chi connectivity index (χ2n) is 10.5. The molecule has 1 amide bonds. The number of anilines is 1. The fourth-order valence-electron chi connectivity index (χ4n) is 5.73. The highest BCUT2D eigenvalue weighted by Crippen LogP contribution is 2.24. The average Bonchev–Trinajstić information content (AvgIpc) is 3.44. The van der Waals surface area contributed by atoms with E-state index in [1.54, 1.807) is 6.07 Å². The van der Waals surface area contributed by atoms with E-state index in [0.717, 1.165) is 61.2 Å². The number of hydrogen-bond donors (Lipinski definition) is 2. The number of halogens is 2. The number of carbonyl (C=O) groups excluding carboxylic acids is 2. The van der Waals surface area contributed by atoms with Gasteiger partial charge in [-0.2, -0.15) is 0 Å². The van der Waals surface area contributed by atoms with Crippen LogP contribution in [0, 0.1) is 0 Å². The largest absolute Gasteiger partial charge is 0.374 e. The maximum atomic E-state index is 13.2. The minimum atomic E-state index is -0.128. The number of H-pyrrole nitrogens is 1. The Bertz CT molecular complexity index is 1480. The lowest BCUT2D eigenvalue weighted by molar-refractivity contribution is -0.131. The van der Waals surface area contributed by atoms with Crippen molar-refractivity contribution in [2.45, 2.75) is 18.9 Å². The molecule has 0 aliphatic carbocycles. The highest BCUT2D eigenvalue weighted by atomic mass is 35.5. The average molecular weight is 584 g/mol. The number of nitrogens with one attached hydrogen (secondary N) is 2. The van der Waals surface area contributed by atoms with E-state index < -0.39 is 0 Å². The lowest BCUT2D eigenvalue weighted by Crippen LogP contribution is -2.54. The molecule has 0 atom stereocenters. The van der Waals surface area contributed by atoms with Gasteiger partial charge in [-0.15, -0.1) is 24.8 Å². The van der Waals surface area contributed by atoms with Gasteiger partial charge in [-0.05, 0) is 62.6 Å². The summed E-state index contributed by atoms with van der Waals surface area (Å²) in [6.45, 7) is 5.93. The molecule has 2 aliphatic heterocycles. The Morgan fingerprint density at radius 1 is 0.925 bits per heavy atom. The van der Waals surface area contributed by atoms with Crippen LogP contribution in [0.1, 0.15) is 28.9 Å². The van der Waals surface area contributed by atoms with Crippen LogP contribution < -0.4 is 5.32 Å². The first-order valence-electron chi connectivity index (χ1n) is 13.5. The Labute approximate surface area is 246 Å². The monoisotopic (exact) mass is 582 g/mol. The lowest BCUT2D eigenvalue weighted by atomic mass is 10.0. The minimum Gasteiger partial charge on any atom is -0.374 e. The summed E-state index contributed by atoms with van der Waals surface area (Å²) in [6, 6.07) is 17.8. The van der Waals surface area contributed by atoms with Crippen molar-refractivity contribution in [2.75, 3.05) is 58.2 Å². The summed E-state index contributed by atoms with van der Waals surface area (Å²) in [5, 5.41) is 5.29. The molecule has 0 unspecified atom stereocenters. The van der Waals surface area contributed by atoms with Crippen molar-refractivity contribution in [2.24, 2.45) is 0 Å². The van der Waals surface area contributed by atoms with Crippen molar-refractivity contribution in [3.63, 3.8) is 0 Å². The first-order chi connectivity index (χ1) is 18.5. The molecule has 2 aromatic carbocycles. The number of rotatable bonds is 6. The molecule has 2 aliphatic rings. The molecular weight excluding hydrogens is 547 g/mol. The van der Waals surface area contributed by atoms with Crippen LogP contribution in [0.25, 0.3) is 21.8 Å². The number of fused-ring (bicyclic) bond motifs is 2. The van der Waals surface area contributed by atoms with Crippen LogP contribution in [-0.2, 0) is 4.79 Å². The fraction of sp³-hybridized carbons (Fsp3) is 0.367. The number of benzene rings is 2.